The van der Waals surface area contributed by atoms with Gasteiger partial charge in [0.1, 0.15) is 23.9 Å². The molecular weight excluding hydrogens is 508 g/mol. The summed E-state index contributed by atoms with van der Waals surface area (Å²) in [6, 6.07) is 9.58. The van der Waals surface area contributed by atoms with Crippen LogP contribution in [0, 0.1) is 28.4 Å². The highest BCUT2D eigenvalue weighted by molar-refractivity contribution is 5.98. The van der Waals surface area contributed by atoms with Crippen LogP contribution >= 0.6 is 0 Å². The highest BCUT2D eigenvalue weighted by Crippen LogP contribution is 2.25. The predicted octanol–water partition coefficient (Wildman–Crippen LogP) is 3.48. The molecule has 3 amide bonds. The lowest BCUT2D eigenvalue weighted by Crippen LogP contribution is -2.53. The summed E-state index contributed by atoms with van der Waals surface area (Å²) in [4.78, 5) is 58.9. The Labute approximate surface area is 225 Å². The molecule has 2 aromatic carbocycles. The third-order valence-electron chi connectivity index (χ3n) is 5.40. The topological polar surface area (TPSA) is 166 Å². The number of amides is 3. The highest BCUT2D eigenvalue weighted by atomic mass is 16.7. The van der Waals surface area contributed by atoms with E-state index in [-0.39, 0.29) is 29.7 Å². The van der Waals surface area contributed by atoms with Crippen molar-refractivity contribution < 1.29 is 33.6 Å². The van der Waals surface area contributed by atoms with Gasteiger partial charge in [0, 0.05) is 24.7 Å². The summed E-state index contributed by atoms with van der Waals surface area (Å²) in [5.74, 6) is 0.983. The third-order valence-corrected chi connectivity index (χ3v) is 5.40. The van der Waals surface area contributed by atoms with E-state index in [1.54, 1.807) is 38.1 Å². The molecule has 0 spiro atoms. The molecule has 39 heavy (non-hydrogen) atoms. The first-order valence-corrected chi connectivity index (χ1v) is 12.0. The van der Waals surface area contributed by atoms with E-state index in [9.17, 15) is 29.3 Å². The number of carbonyl (C=O) groups is 4. The van der Waals surface area contributed by atoms with E-state index in [4.69, 9.17) is 15.9 Å². The molecule has 2 aromatic rings. The molecule has 0 radical (unpaired) electrons. The third kappa shape index (κ3) is 9.47. The second-order valence-electron chi connectivity index (χ2n) is 8.88. The molecule has 0 aliphatic heterocycles. The zero-order chi connectivity index (χ0) is 29.1. The van der Waals surface area contributed by atoms with Gasteiger partial charge in [-0.25, -0.2) is 4.79 Å². The zero-order valence-corrected chi connectivity index (χ0v) is 21.9. The Hall–Kier alpha value is -4.92. The molecule has 12 heteroatoms. The number of nitro groups is 1. The zero-order valence-electron chi connectivity index (χ0n) is 21.9. The van der Waals surface area contributed by atoms with Gasteiger partial charge in [-0.2, -0.15) is 0 Å². The van der Waals surface area contributed by atoms with E-state index >= 15 is 0 Å². The fourth-order valence-corrected chi connectivity index (χ4v) is 3.36. The molecule has 12 nitrogen and oxygen atoms in total. The number of ether oxygens (including phenoxy) is 2. The first-order valence-electron chi connectivity index (χ1n) is 12.0. The number of nitrogens with one attached hydrogen (secondary N) is 3. The molecule has 0 bridgehead atoms. The Morgan fingerprint density at radius 1 is 0.974 bits per heavy atom. The summed E-state index contributed by atoms with van der Waals surface area (Å²) in [5.41, 5.74) is 0.790. The molecule has 2 rings (SSSR count). The standard InChI is InChI=1S/C27H30N4O8/c1-6-7-23(39-27(35)38-22-14-12-21(13-15-22)31(36)37)19-8-10-20(11-9-19)30-25(33)17(4)28-26(34)24(16(2)3)29-18(5)32/h1,8-17,23-24H,7H2,2-5H3,(H,28,34)(H,29,32)(H,30,33)/t17-,23?,24-/m0/s1. The van der Waals surface area contributed by atoms with Gasteiger partial charge >= 0.3 is 6.16 Å². The summed E-state index contributed by atoms with van der Waals surface area (Å²) in [6.07, 6.45) is 3.54. The van der Waals surface area contributed by atoms with Crippen molar-refractivity contribution in [3.63, 3.8) is 0 Å². The Bertz CT molecular complexity index is 1240. The summed E-state index contributed by atoms with van der Waals surface area (Å²) >= 11 is 0. The number of hydrogen-bond donors (Lipinski definition) is 3. The second-order valence-corrected chi connectivity index (χ2v) is 8.88. The maximum absolute atomic E-state index is 12.6. The molecule has 0 aromatic heterocycles. The minimum absolute atomic E-state index is 0.0372. The van der Waals surface area contributed by atoms with Gasteiger partial charge in [0.05, 0.1) is 11.3 Å². The van der Waals surface area contributed by atoms with Crippen molar-refractivity contribution in [1.29, 1.82) is 0 Å². The Balaban J connectivity index is 1.99. The molecule has 1 unspecified atom stereocenters. The van der Waals surface area contributed by atoms with Crippen LogP contribution in [0.2, 0.25) is 0 Å². The molecule has 0 saturated heterocycles. The SMILES string of the molecule is C#CCC(OC(=O)Oc1ccc([N+](=O)[O-])cc1)c1ccc(NC(=O)[C@H](C)NC(=O)[C@@H](NC(C)=O)C(C)C)cc1. The van der Waals surface area contributed by atoms with E-state index in [0.717, 1.165) is 0 Å². The van der Waals surface area contributed by atoms with E-state index in [1.165, 1.54) is 38.1 Å². The summed E-state index contributed by atoms with van der Waals surface area (Å²) in [5, 5.41) is 18.6. The Morgan fingerprint density at radius 2 is 1.59 bits per heavy atom. The normalized spacial score (nSPS) is 12.7. The molecule has 0 heterocycles. The van der Waals surface area contributed by atoms with Crippen LogP contribution in [0.1, 0.15) is 45.8 Å². The van der Waals surface area contributed by atoms with Crippen LogP contribution in [0.3, 0.4) is 0 Å². The van der Waals surface area contributed by atoms with Gasteiger partial charge < -0.3 is 25.4 Å². The molecule has 3 atom stereocenters. The molecular formula is C27H30N4O8. The van der Waals surface area contributed by atoms with Gasteiger partial charge in [0.25, 0.3) is 5.69 Å². The first-order chi connectivity index (χ1) is 18.4. The van der Waals surface area contributed by atoms with Gasteiger partial charge in [-0.05, 0) is 42.7 Å². The lowest BCUT2D eigenvalue weighted by Gasteiger charge is -2.23. The number of nitro benzene ring substituents is 1. The van der Waals surface area contributed by atoms with E-state index in [2.05, 4.69) is 21.9 Å². The van der Waals surface area contributed by atoms with Crippen molar-refractivity contribution in [2.45, 2.75) is 52.3 Å². The minimum atomic E-state index is -1.05. The van der Waals surface area contributed by atoms with Crippen LogP contribution in [-0.2, 0) is 19.1 Å². The maximum Gasteiger partial charge on any atom is 0.514 e. The second kappa shape index (κ2) is 14.1. The Kier molecular flexibility index (Phi) is 11.0. The molecule has 0 aliphatic carbocycles. The number of anilines is 1. The van der Waals surface area contributed by atoms with Crippen molar-refractivity contribution in [1.82, 2.24) is 10.6 Å². The fraction of sp³-hybridized carbons (Fsp3) is 0.333. The average Bonchev–Trinajstić information content (AvgIpc) is 2.87. The number of terminal acetylenes is 1. The summed E-state index contributed by atoms with van der Waals surface area (Å²) in [7, 11) is 0. The largest absolute Gasteiger partial charge is 0.514 e. The number of rotatable bonds is 11. The predicted molar refractivity (Wildman–Crippen MR) is 142 cm³/mol. The number of carbonyl (C=O) groups excluding carboxylic acids is 4. The van der Waals surface area contributed by atoms with Crippen molar-refractivity contribution in [2.75, 3.05) is 5.32 Å². The summed E-state index contributed by atoms with van der Waals surface area (Å²) in [6.45, 7) is 6.38. The average molecular weight is 539 g/mol. The molecule has 0 fully saturated rings. The van der Waals surface area contributed by atoms with Crippen LogP contribution < -0.4 is 20.7 Å². The van der Waals surface area contributed by atoms with Crippen molar-refractivity contribution in [2.24, 2.45) is 5.92 Å². The number of hydrogen-bond acceptors (Lipinski definition) is 8. The van der Waals surface area contributed by atoms with Crippen LogP contribution in [0.5, 0.6) is 5.75 Å². The van der Waals surface area contributed by atoms with Crippen LogP contribution in [-0.4, -0.2) is 40.9 Å². The monoisotopic (exact) mass is 538 g/mol. The van der Waals surface area contributed by atoms with Gasteiger partial charge in [0.2, 0.25) is 17.7 Å². The quantitative estimate of drug-likeness (QED) is 0.129. The lowest BCUT2D eigenvalue weighted by atomic mass is 10.0. The van der Waals surface area contributed by atoms with E-state index in [1.807, 2.05) is 0 Å². The maximum atomic E-state index is 12.6. The molecule has 0 aliphatic rings. The fourth-order valence-electron chi connectivity index (χ4n) is 3.36. The van der Waals surface area contributed by atoms with Crippen molar-refractivity contribution in [3.8, 4) is 18.1 Å². The van der Waals surface area contributed by atoms with E-state index < -0.39 is 41.1 Å². The van der Waals surface area contributed by atoms with Gasteiger partial charge in [-0.3, -0.25) is 24.5 Å². The first kappa shape index (κ1) is 30.3. The molecule has 0 saturated carbocycles. The highest BCUT2D eigenvalue weighted by Gasteiger charge is 2.26. The molecule has 206 valence electrons. The molecule has 3 N–H and O–H groups in total. The van der Waals surface area contributed by atoms with Crippen LogP contribution in [0.15, 0.2) is 48.5 Å². The van der Waals surface area contributed by atoms with Crippen molar-refractivity contribution >= 4 is 35.3 Å². The summed E-state index contributed by atoms with van der Waals surface area (Å²) < 4.78 is 10.4. The Morgan fingerprint density at radius 3 is 2.10 bits per heavy atom. The van der Waals surface area contributed by atoms with Gasteiger partial charge in [-0.15, -0.1) is 12.3 Å². The lowest BCUT2D eigenvalue weighted by molar-refractivity contribution is -0.384. The number of nitrogens with zero attached hydrogens (tertiary/aromatic N) is 1. The van der Waals surface area contributed by atoms with Crippen molar-refractivity contribution in [3.05, 3.63) is 64.2 Å². The van der Waals surface area contributed by atoms with Crippen LogP contribution in [0.4, 0.5) is 16.2 Å². The van der Waals surface area contributed by atoms with Crippen LogP contribution in [0.25, 0.3) is 0 Å². The van der Waals surface area contributed by atoms with Gasteiger partial charge in [-0.1, -0.05) is 26.0 Å². The van der Waals surface area contributed by atoms with E-state index in [0.29, 0.717) is 11.3 Å². The minimum Gasteiger partial charge on any atom is -0.425 e. The number of benzene rings is 2. The van der Waals surface area contributed by atoms with Gasteiger partial charge in [0.15, 0.2) is 0 Å². The smallest absolute Gasteiger partial charge is 0.425 e. The number of non-ortho nitro benzene ring substituents is 1.